The molecule has 0 spiro atoms. The summed E-state index contributed by atoms with van der Waals surface area (Å²) in [4.78, 5) is 64.8. The molecule has 10 rings (SSSR count). The molecule has 384 valence electrons. The minimum atomic E-state index is -1.06. The van der Waals surface area contributed by atoms with Crippen LogP contribution in [0.4, 0.5) is 0 Å². The Morgan fingerprint density at radius 3 is 2.35 bits per heavy atom. The molecule has 74 heavy (non-hydrogen) atoms. The number of nitrogens with one attached hydrogen (secondary N) is 3. The molecule has 3 aliphatic rings. The van der Waals surface area contributed by atoms with E-state index in [0.717, 1.165) is 49.2 Å². The average molecular weight is 1060 g/mol. The highest BCUT2D eigenvalue weighted by Crippen LogP contribution is 2.40. The lowest BCUT2D eigenvalue weighted by atomic mass is 9.85. The van der Waals surface area contributed by atoms with Crippen LogP contribution in [0.3, 0.4) is 0 Å². The number of carbonyl (C=O) groups is 4. The third kappa shape index (κ3) is 10.1. The van der Waals surface area contributed by atoms with Crippen LogP contribution in [0, 0.1) is 33.1 Å². The molecule has 0 bridgehead atoms. The molecule has 7 aromatic rings. The van der Waals surface area contributed by atoms with Crippen molar-refractivity contribution in [3.8, 4) is 21.2 Å². The molecular weight excluding hydrogens is 996 g/mol. The van der Waals surface area contributed by atoms with Crippen LogP contribution in [0.25, 0.3) is 26.4 Å². The van der Waals surface area contributed by atoms with E-state index in [-0.39, 0.29) is 55.1 Å². The zero-order chi connectivity index (χ0) is 52.3. The number of fused-ring (bicyclic) bond motifs is 4. The standard InChI is InChI=1S/C56H59ClN8O7S2/c1-28-19-20-73-49(28)35-11-9-33(10-12-35)30(3)58-52(68)43-24-39(66)27-64(43)54(70)50(56(6,7)8)61-53(69)45-21-36-15-18-40(25-44(36)72-45)71-41-22-38(23-41)59-46(67)26-42-51-63-62-32(5)65(51)55-47(29(2)31(4)74-55)48(60-42)34-13-16-37(57)17-14-34/h9-21,25,30,38-39,41-43,50,66H,22-24,26-27H2,1-8H3,(H,58,68)(H,59,67)(H,61,69)/t30?,38?,39-,41?,42+,43+,50-/m1/s1. The number of furan rings is 1. The highest BCUT2D eigenvalue weighted by atomic mass is 35.5. The summed E-state index contributed by atoms with van der Waals surface area (Å²) in [5.41, 5.74) is 6.66. The first-order valence-corrected chi connectivity index (χ1v) is 27.0. The highest BCUT2D eigenvalue weighted by molar-refractivity contribution is 7.15. The van der Waals surface area contributed by atoms with Crippen molar-refractivity contribution in [1.29, 1.82) is 0 Å². The summed E-state index contributed by atoms with van der Waals surface area (Å²) in [6.07, 6.45) is 0.247. The molecule has 6 heterocycles. The topological polar surface area (TPSA) is 193 Å². The van der Waals surface area contributed by atoms with Gasteiger partial charge in [-0.05, 0) is 104 Å². The lowest BCUT2D eigenvalue weighted by Gasteiger charge is -2.36. The van der Waals surface area contributed by atoms with Gasteiger partial charge in [-0.1, -0.05) is 68.8 Å². The van der Waals surface area contributed by atoms with E-state index < -0.39 is 41.5 Å². The molecule has 15 nitrogen and oxygen atoms in total. The van der Waals surface area contributed by atoms with Crippen molar-refractivity contribution < 1.29 is 33.4 Å². The Morgan fingerprint density at radius 2 is 1.65 bits per heavy atom. The highest BCUT2D eigenvalue weighted by Gasteiger charge is 2.45. The van der Waals surface area contributed by atoms with Gasteiger partial charge in [0.05, 0.1) is 24.3 Å². The van der Waals surface area contributed by atoms with Crippen molar-refractivity contribution in [1.82, 2.24) is 35.6 Å². The maximum absolute atomic E-state index is 14.4. The summed E-state index contributed by atoms with van der Waals surface area (Å²) >= 11 is 9.62. The number of aliphatic imine (C=N–C) groups is 1. The predicted octanol–water partition coefficient (Wildman–Crippen LogP) is 9.68. The number of hydrogen-bond donors (Lipinski definition) is 4. The average Bonchev–Trinajstić information content (AvgIpc) is 4.19. The van der Waals surface area contributed by atoms with Crippen molar-refractivity contribution in [3.63, 3.8) is 0 Å². The third-order valence-corrected chi connectivity index (χ3v) is 16.9. The predicted molar refractivity (Wildman–Crippen MR) is 288 cm³/mol. The van der Waals surface area contributed by atoms with Crippen molar-refractivity contribution in [2.75, 3.05) is 6.54 Å². The first-order valence-electron chi connectivity index (χ1n) is 24.9. The van der Waals surface area contributed by atoms with Gasteiger partial charge in [-0.15, -0.1) is 32.9 Å². The number of ether oxygens (including phenoxy) is 1. The normalized spacial score (nSPS) is 20.2. The van der Waals surface area contributed by atoms with E-state index in [9.17, 15) is 24.3 Å². The molecule has 1 saturated heterocycles. The number of carbonyl (C=O) groups excluding carboxylic acids is 4. The van der Waals surface area contributed by atoms with Crippen LogP contribution in [-0.4, -0.2) is 91.0 Å². The number of rotatable bonds is 13. The number of β-amino-alcohol motifs (C(OH)–C–C–N with tert-alkyl or cyclic N) is 1. The molecule has 4 amide bonds. The second kappa shape index (κ2) is 20.2. The minimum absolute atomic E-state index is 0.00279. The molecule has 18 heteroatoms. The Balaban J connectivity index is 0.754. The number of benzene rings is 3. The SMILES string of the molecule is Cc1ccsc1-c1ccc(C(C)NC(=O)[C@@H]2C[C@@H](O)CN2C(=O)[C@@H](NC(=O)c2cc3ccc(OC4CC(NC(=O)C[C@@H]5N=C(c6ccc(Cl)cc6)c6c(sc(C)c6C)-n6c(C)nnc65)C4)cc3o2)C(C)(C)C)cc1. The summed E-state index contributed by atoms with van der Waals surface area (Å²) in [6.45, 7) is 15.5. The lowest BCUT2D eigenvalue weighted by Crippen LogP contribution is -2.57. The number of aromatic nitrogens is 3. The van der Waals surface area contributed by atoms with Crippen molar-refractivity contribution in [3.05, 3.63) is 139 Å². The van der Waals surface area contributed by atoms with E-state index >= 15 is 0 Å². The fraction of sp³-hybridized carbons (Fsp3) is 0.375. The van der Waals surface area contributed by atoms with Crippen molar-refractivity contribution in [2.45, 2.75) is 123 Å². The molecule has 1 aliphatic carbocycles. The number of amides is 4. The first kappa shape index (κ1) is 50.9. The summed E-state index contributed by atoms with van der Waals surface area (Å²) in [7, 11) is 0. The number of likely N-dealkylation sites (tertiary alicyclic amines) is 1. The summed E-state index contributed by atoms with van der Waals surface area (Å²) in [6, 6.07) is 21.6. The van der Waals surface area contributed by atoms with Crippen LogP contribution in [0.1, 0.15) is 120 Å². The maximum atomic E-state index is 14.4. The van der Waals surface area contributed by atoms with Gasteiger partial charge in [-0.2, -0.15) is 0 Å². The molecule has 1 unspecified atom stereocenters. The Morgan fingerprint density at radius 1 is 0.919 bits per heavy atom. The zero-order valence-corrected chi connectivity index (χ0v) is 44.9. The van der Waals surface area contributed by atoms with E-state index in [1.165, 1.54) is 15.3 Å². The van der Waals surface area contributed by atoms with Crippen LogP contribution in [-0.2, 0) is 14.4 Å². The molecule has 2 fully saturated rings. The fourth-order valence-electron chi connectivity index (χ4n) is 10.1. The van der Waals surface area contributed by atoms with Crippen LogP contribution in [0.15, 0.2) is 93.7 Å². The quantitative estimate of drug-likeness (QED) is 0.0870. The van der Waals surface area contributed by atoms with E-state index in [2.05, 4.69) is 58.4 Å². The Bertz CT molecular complexity index is 3330. The molecule has 2 aliphatic heterocycles. The van der Waals surface area contributed by atoms with Crippen LogP contribution < -0.4 is 20.7 Å². The molecule has 4 N–H and O–H groups in total. The molecule has 1 saturated carbocycles. The number of nitrogens with zero attached hydrogens (tertiary/aromatic N) is 5. The number of hydrogen-bond acceptors (Lipinski definition) is 12. The summed E-state index contributed by atoms with van der Waals surface area (Å²) < 4.78 is 14.4. The van der Waals surface area contributed by atoms with Gasteiger partial charge >= 0.3 is 0 Å². The first-order chi connectivity index (χ1) is 35.3. The van der Waals surface area contributed by atoms with Gasteiger partial charge in [0.25, 0.3) is 5.91 Å². The van der Waals surface area contributed by atoms with Crippen LogP contribution >= 0.6 is 34.3 Å². The van der Waals surface area contributed by atoms with Gasteiger partial charge in [-0.3, -0.25) is 28.7 Å². The second-order valence-corrected chi connectivity index (χ2v) is 23.4. The van der Waals surface area contributed by atoms with E-state index in [0.29, 0.717) is 40.4 Å². The van der Waals surface area contributed by atoms with E-state index in [1.54, 1.807) is 46.9 Å². The van der Waals surface area contributed by atoms with Crippen LogP contribution in [0.2, 0.25) is 5.02 Å². The smallest absolute Gasteiger partial charge is 0.287 e. The molecular formula is C56H59ClN8O7S2. The number of aliphatic hydroxyl groups excluding tert-OH is 1. The van der Waals surface area contributed by atoms with Crippen LogP contribution in [0.5, 0.6) is 5.75 Å². The van der Waals surface area contributed by atoms with Crippen molar-refractivity contribution >= 4 is 74.6 Å². The fourth-order valence-corrected chi connectivity index (χ4v) is 12.3. The summed E-state index contributed by atoms with van der Waals surface area (Å²) in [5, 5.41) is 33.2. The largest absolute Gasteiger partial charge is 0.490 e. The van der Waals surface area contributed by atoms with E-state index in [1.807, 2.05) is 87.7 Å². The minimum Gasteiger partial charge on any atom is -0.490 e. The summed E-state index contributed by atoms with van der Waals surface area (Å²) in [5.74, 6) is 0.267. The van der Waals surface area contributed by atoms with Gasteiger partial charge < -0.3 is 35.1 Å². The Hall–Kier alpha value is -6.66. The van der Waals surface area contributed by atoms with Gasteiger partial charge in [0, 0.05) is 69.2 Å². The van der Waals surface area contributed by atoms with Gasteiger partial charge in [0.2, 0.25) is 17.7 Å². The Labute approximate surface area is 442 Å². The third-order valence-electron chi connectivity index (χ3n) is 14.4. The molecule has 5 atom stereocenters. The number of aryl methyl sites for hydroxylation is 3. The molecule has 3 aromatic carbocycles. The second-order valence-electron chi connectivity index (χ2n) is 20.8. The number of halogens is 1. The number of thiophene rings is 2. The number of aliphatic hydroxyl groups is 1. The lowest BCUT2D eigenvalue weighted by molar-refractivity contribution is -0.142. The van der Waals surface area contributed by atoms with E-state index in [4.69, 9.17) is 25.7 Å². The maximum Gasteiger partial charge on any atom is 0.287 e. The zero-order valence-electron chi connectivity index (χ0n) is 42.5. The molecule has 0 radical (unpaired) electrons. The van der Waals surface area contributed by atoms with Crippen molar-refractivity contribution in [2.24, 2.45) is 10.4 Å². The Kier molecular flexibility index (Phi) is 13.9. The van der Waals surface area contributed by atoms with Gasteiger partial charge in [0.1, 0.15) is 46.4 Å². The monoisotopic (exact) mass is 1050 g/mol. The molecule has 4 aromatic heterocycles. The van der Waals surface area contributed by atoms with Gasteiger partial charge in [0.15, 0.2) is 11.6 Å². The van der Waals surface area contributed by atoms with Gasteiger partial charge in [-0.25, -0.2) is 0 Å².